The second-order valence-electron chi connectivity index (χ2n) is 9.03. The van der Waals surface area contributed by atoms with Gasteiger partial charge in [0.15, 0.2) is 0 Å². The van der Waals surface area contributed by atoms with E-state index in [0.717, 1.165) is 71.3 Å². The number of aryl methyl sites for hydroxylation is 1. The number of halogens is 1. The lowest BCUT2D eigenvalue weighted by atomic mass is 9.98. The zero-order valence-corrected chi connectivity index (χ0v) is 24.1. The van der Waals surface area contributed by atoms with E-state index in [1.165, 1.54) is 12.0 Å². The Morgan fingerprint density at radius 1 is 1.13 bits per heavy atom. The summed E-state index contributed by atoms with van der Waals surface area (Å²) in [7, 11) is 0. The molecule has 0 radical (unpaired) electrons. The highest BCUT2D eigenvalue weighted by Crippen LogP contribution is 2.39. The molecule has 38 heavy (non-hydrogen) atoms. The fraction of sp³-hybridized carbons (Fsp3) is 0.419. The number of H-pyrrole nitrogens is 1. The van der Waals surface area contributed by atoms with Crippen molar-refractivity contribution in [3.8, 4) is 16.9 Å². The normalized spacial score (nSPS) is 13.6. The molecule has 5 rings (SSSR count). The van der Waals surface area contributed by atoms with Crippen molar-refractivity contribution in [1.29, 1.82) is 0 Å². The number of aliphatic hydroxyl groups is 1. The van der Waals surface area contributed by atoms with E-state index >= 15 is 0 Å². The Morgan fingerprint density at radius 3 is 2.47 bits per heavy atom. The first-order chi connectivity index (χ1) is 18.5. The van der Waals surface area contributed by atoms with Gasteiger partial charge in [0.25, 0.3) is 0 Å². The van der Waals surface area contributed by atoms with Crippen LogP contribution in [-0.2, 0) is 4.79 Å². The van der Waals surface area contributed by atoms with E-state index in [9.17, 15) is 5.11 Å². The van der Waals surface area contributed by atoms with E-state index in [1.807, 2.05) is 32.8 Å². The molecular weight excluding hydrogens is 498 g/mol. The standard InChI is InChI=1S/C25H26ClN3O2.C3H8.C2H6.CH2O/c1-16-3-2-4-17(13-16)20-5-6-22(31-12-11-29-9-7-19(30)8-10-29)24-23(20)21-14-18(26)15-27-25(21)28-24;1-3-2;2*1-2/h2-6,13-15,19,30H,7-12H2,1H3,(H,27,28);3H2,1-2H3;1-2H3;1H2. The first-order valence-electron chi connectivity index (χ1n) is 13.5. The van der Waals surface area contributed by atoms with Crippen LogP contribution in [0.1, 0.15) is 52.5 Å². The van der Waals surface area contributed by atoms with Crippen molar-refractivity contribution in [2.24, 2.45) is 0 Å². The number of carbonyl (C=O) groups is 1. The van der Waals surface area contributed by atoms with Crippen LogP contribution in [-0.4, -0.2) is 59.1 Å². The molecular formula is C31H42ClN3O3. The number of aromatic amines is 1. The molecule has 0 unspecified atom stereocenters. The molecule has 0 spiro atoms. The van der Waals surface area contributed by atoms with E-state index in [-0.39, 0.29) is 6.10 Å². The fourth-order valence-electron chi connectivity index (χ4n) is 4.44. The van der Waals surface area contributed by atoms with Gasteiger partial charge in [0, 0.05) is 36.6 Å². The number of fused-ring (bicyclic) bond motifs is 3. The first-order valence-corrected chi connectivity index (χ1v) is 13.9. The van der Waals surface area contributed by atoms with Crippen molar-refractivity contribution >= 4 is 40.3 Å². The van der Waals surface area contributed by atoms with Crippen LogP contribution in [0.5, 0.6) is 5.75 Å². The number of rotatable bonds is 5. The maximum Gasteiger partial charge on any atom is 0.143 e. The second kappa shape index (κ2) is 16.1. The highest BCUT2D eigenvalue weighted by Gasteiger charge is 2.18. The average molecular weight is 540 g/mol. The lowest BCUT2D eigenvalue weighted by molar-refractivity contribution is -0.0980. The number of nitrogens with zero attached hydrogens (tertiary/aromatic N) is 2. The minimum Gasteiger partial charge on any atom is -0.490 e. The third-order valence-corrected chi connectivity index (χ3v) is 6.29. The quantitative estimate of drug-likeness (QED) is 0.275. The number of likely N-dealkylation sites (tertiary alicyclic amines) is 1. The maximum absolute atomic E-state index is 9.70. The molecule has 1 fully saturated rings. The van der Waals surface area contributed by atoms with E-state index in [1.54, 1.807) is 6.20 Å². The summed E-state index contributed by atoms with van der Waals surface area (Å²) in [6.07, 6.45) is 4.43. The third-order valence-electron chi connectivity index (χ3n) is 6.09. The van der Waals surface area contributed by atoms with Gasteiger partial charge in [-0.15, -0.1) is 0 Å². The molecule has 6 nitrogen and oxygen atoms in total. The van der Waals surface area contributed by atoms with Crippen molar-refractivity contribution in [3.05, 3.63) is 59.2 Å². The smallest absolute Gasteiger partial charge is 0.143 e. The van der Waals surface area contributed by atoms with Crippen molar-refractivity contribution in [2.75, 3.05) is 26.2 Å². The summed E-state index contributed by atoms with van der Waals surface area (Å²) < 4.78 is 6.23. The number of hydrogen-bond donors (Lipinski definition) is 2. The van der Waals surface area contributed by atoms with Gasteiger partial charge >= 0.3 is 0 Å². The molecule has 0 saturated carbocycles. The number of piperidine rings is 1. The van der Waals surface area contributed by atoms with Crippen LogP contribution >= 0.6 is 11.6 Å². The SMILES string of the molecule is C=O.CC.CCC.Cc1cccc(-c2ccc(OCCN3CCC(O)CC3)c3[nH]c4ncc(Cl)cc4c23)c1. The van der Waals surface area contributed by atoms with Crippen LogP contribution in [0.4, 0.5) is 0 Å². The van der Waals surface area contributed by atoms with Crippen molar-refractivity contribution in [2.45, 2.75) is 60.0 Å². The van der Waals surface area contributed by atoms with Crippen LogP contribution in [0.3, 0.4) is 0 Å². The maximum atomic E-state index is 9.70. The monoisotopic (exact) mass is 539 g/mol. The van der Waals surface area contributed by atoms with E-state index in [2.05, 4.69) is 66.0 Å². The Hall–Kier alpha value is -2.93. The predicted molar refractivity (Wildman–Crippen MR) is 160 cm³/mol. The summed E-state index contributed by atoms with van der Waals surface area (Å²) in [6, 6.07) is 14.6. The highest BCUT2D eigenvalue weighted by atomic mass is 35.5. The van der Waals surface area contributed by atoms with Gasteiger partial charge in [0.05, 0.1) is 16.6 Å². The number of benzene rings is 2. The van der Waals surface area contributed by atoms with Gasteiger partial charge in [-0.3, -0.25) is 4.90 Å². The van der Waals surface area contributed by atoms with Crippen molar-refractivity contribution in [1.82, 2.24) is 14.9 Å². The van der Waals surface area contributed by atoms with E-state index in [4.69, 9.17) is 21.1 Å². The number of hydrogen-bond acceptors (Lipinski definition) is 5. The summed E-state index contributed by atoms with van der Waals surface area (Å²) in [5.41, 5.74) is 5.25. The average Bonchev–Trinajstić information content (AvgIpc) is 3.32. The molecule has 0 atom stereocenters. The molecule has 4 aromatic rings. The van der Waals surface area contributed by atoms with Gasteiger partial charge in [-0.1, -0.05) is 75.5 Å². The molecule has 1 aliphatic heterocycles. The molecule has 1 aliphatic rings. The van der Waals surface area contributed by atoms with Gasteiger partial charge in [0.2, 0.25) is 0 Å². The molecule has 7 heteroatoms. The summed E-state index contributed by atoms with van der Waals surface area (Å²) >= 11 is 6.29. The highest BCUT2D eigenvalue weighted by molar-refractivity contribution is 6.31. The summed E-state index contributed by atoms with van der Waals surface area (Å²) in [5.74, 6) is 0.817. The van der Waals surface area contributed by atoms with Gasteiger partial charge in [-0.05, 0) is 49.1 Å². The molecule has 1 saturated heterocycles. The van der Waals surface area contributed by atoms with Crippen LogP contribution in [0.25, 0.3) is 33.1 Å². The molecule has 2 aromatic heterocycles. The summed E-state index contributed by atoms with van der Waals surface area (Å²) in [4.78, 5) is 18.3. The zero-order valence-electron chi connectivity index (χ0n) is 23.4. The van der Waals surface area contributed by atoms with Gasteiger partial charge < -0.3 is 19.6 Å². The van der Waals surface area contributed by atoms with Crippen molar-refractivity contribution < 1.29 is 14.6 Å². The largest absolute Gasteiger partial charge is 0.490 e. The molecule has 2 aromatic carbocycles. The fourth-order valence-corrected chi connectivity index (χ4v) is 4.59. The molecule has 0 bridgehead atoms. The lowest BCUT2D eigenvalue weighted by Crippen LogP contribution is -2.38. The predicted octanol–water partition coefficient (Wildman–Crippen LogP) is 7.44. The Morgan fingerprint density at radius 2 is 1.82 bits per heavy atom. The van der Waals surface area contributed by atoms with Gasteiger partial charge in [-0.25, -0.2) is 4.98 Å². The van der Waals surface area contributed by atoms with Crippen molar-refractivity contribution in [3.63, 3.8) is 0 Å². The number of aliphatic hydroxyl groups excluding tert-OH is 1. The number of ether oxygens (including phenoxy) is 1. The molecule has 3 heterocycles. The van der Waals surface area contributed by atoms with Crippen LogP contribution in [0, 0.1) is 6.92 Å². The van der Waals surface area contributed by atoms with Gasteiger partial charge in [-0.2, -0.15) is 0 Å². The minimum atomic E-state index is -0.156. The Labute approximate surface area is 232 Å². The minimum absolute atomic E-state index is 0.156. The number of aromatic nitrogens is 2. The zero-order chi connectivity index (χ0) is 28.1. The Kier molecular flexibility index (Phi) is 13.3. The second-order valence-corrected chi connectivity index (χ2v) is 9.47. The number of carbonyl (C=O) groups excluding carboxylic acids is 1. The summed E-state index contributed by atoms with van der Waals surface area (Å²) in [6.45, 7) is 15.6. The molecule has 0 aliphatic carbocycles. The molecule has 2 N–H and O–H groups in total. The van der Waals surface area contributed by atoms with E-state index < -0.39 is 0 Å². The molecule has 0 amide bonds. The van der Waals surface area contributed by atoms with Crippen LogP contribution < -0.4 is 4.74 Å². The number of pyridine rings is 1. The topological polar surface area (TPSA) is 78.5 Å². The Balaban J connectivity index is 0.000000665. The molecule has 206 valence electrons. The van der Waals surface area contributed by atoms with E-state index in [0.29, 0.717) is 11.6 Å². The van der Waals surface area contributed by atoms with Gasteiger partial charge in [0.1, 0.15) is 24.8 Å². The van der Waals surface area contributed by atoms with Crippen LogP contribution in [0.2, 0.25) is 5.02 Å². The van der Waals surface area contributed by atoms with Crippen LogP contribution in [0.15, 0.2) is 48.7 Å². The first kappa shape index (κ1) is 31.3. The number of nitrogens with one attached hydrogen (secondary N) is 1. The summed E-state index contributed by atoms with van der Waals surface area (Å²) in [5, 5.41) is 12.4. The Bertz CT molecular complexity index is 1270. The third kappa shape index (κ3) is 8.03. The lowest BCUT2D eigenvalue weighted by Gasteiger charge is -2.29.